The topological polar surface area (TPSA) is 53.1 Å². The van der Waals surface area contributed by atoms with Gasteiger partial charge in [-0.15, -0.1) is 11.8 Å². The fourth-order valence-electron chi connectivity index (χ4n) is 3.21. The molecule has 2 rings (SSSR count). The number of nitrogens with one attached hydrogen (secondary N) is 1. The predicted molar refractivity (Wildman–Crippen MR) is 93.6 cm³/mol. The van der Waals surface area contributed by atoms with Crippen molar-refractivity contribution in [2.75, 3.05) is 24.2 Å². The molecule has 0 atom stereocenters. The molecular weight excluding hydrogens is 278 g/mol. The number of benzene rings is 1. The number of piperidine rings is 1. The quantitative estimate of drug-likeness (QED) is 0.505. The zero-order valence-corrected chi connectivity index (χ0v) is 14.4. The van der Waals surface area contributed by atoms with Crippen molar-refractivity contribution in [1.82, 2.24) is 0 Å². The van der Waals surface area contributed by atoms with Crippen molar-refractivity contribution < 1.29 is 0 Å². The molecule has 0 aliphatic carbocycles. The number of rotatable bonds is 3. The van der Waals surface area contributed by atoms with Gasteiger partial charge in [-0.25, -0.2) is 0 Å². The van der Waals surface area contributed by atoms with Crippen molar-refractivity contribution in [2.45, 2.75) is 38.5 Å². The summed E-state index contributed by atoms with van der Waals surface area (Å²) >= 11 is 1.66. The molecule has 1 aliphatic heterocycles. The normalized spacial score (nSPS) is 17.0. The van der Waals surface area contributed by atoms with Gasteiger partial charge < -0.3 is 10.6 Å². The molecule has 4 heteroatoms. The van der Waals surface area contributed by atoms with Crippen molar-refractivity contribution in [3.63, 3.8) is 0 Å². The van der Waals surface area contributed by atoms with Crippen LogP contribution in [0.1, 0.15) is 39.2 Å². The Hall–Kier alpha value is -1.16. The third kappa shape index (κ3) is 3.54. The minimum atomic E-state index is 0.174. The van der Waals surface area contributed by atoms with E-state index >= 15 is 0 Å². The molecule has 1 heterocycles. The molecule has 116 valence electrons. The van der Waals surface area contributed by atoms with Crippen molar-refractivity contribution in [3.05, 3.63) is 23.8 Å². The first-order chi connectivity index (χ1) is 9.84. The van der Waals surface area contributed by atoms with Crippen molar-refractivity contribution >= 4 is 23.3 Å². The molecule has 21 heavy (non-hydrogen) atoms. The SMILES string of the molecule is CSc1cccc(N2CCC(C(C)(C)C)CC2)c1C(=N)N. The Morgan fingerprint density at radius 1 is 1.29 bits per heavy atom. The first-order valence-corrected chi connectivity index (χ1v) is 8.83. The molecule has 0 radical (unpaired) electrons. The number of anilines is 1. The second kappa shape index (κ2) is 6.30. The molecule has 0 bridgehead atoms. The number of hydrogen-bond acceptors (Lipinski definition) is 3. The van der Waals surface area contributed by atoms with E-state index < -0.39 is 0 Å². The van der Waals surface area contributed by atoms with E-state index in [9.17, 15) is 0 Å². The van der Waals surface area contributed by atoms with Gasteiger partial charge >= 0.3 is 0 Å². The van der Waals surface area contributed by atoms with Gasteiger partial charge in [0.1, 0.15) is 5.84 Å². The Morgan fingerprint density at radius 2 is 1.90 bits per heavy atom. The third-order valence-corrected chi connectivity index (χ3v) is 5.33. The Kier molecular flexibility index (Phi) is 4.87. The molecule has 1 aliphatic rings. The number of thioether (sulfide) groups is 1. The Morgan fingerprint density at radius 3 is 2.38 bits per heavy atom. The average Bonchev–Trinajstić information content (AvgIpc) is 2.45. The van der Waals surface area contributed by atoms with Crippen LogP contribution in [0, 0.1) is 16.7 Å². The summed E-state index contributed by atoms with van der Waals surface area (Å²) in [5.74, 6) is 0.950. The zero-order valence-electron chi connectivity index (χ0n) is 13.6. The van der Waals surface area contributed by atoms with Crippen LogP contribution in [0.15, 0.2) is 23.1 Å². The number of amidine groups is 1. The summed E-state index contributed by atoms with van der Waals surface area (Å²) in [6.07, 6.45) is 4.46. The van der Waals surface area contributed by atoms with Crippen LogP contribution >= 0.6 is 11.8 Å². The second-order valence-corrected chi connectivity index (χ2v) is 7.74. The lowest BCUT2D eigenvalue weighted by molar-refractivity contribution is 0.199. The van der Waals surface area contributed by atoms with Crippen LogP contribution in [-0.2, 0) is 0 Å². The molecule has 1 saturated heterocycles. The largest absolute Gasteiger partial charge is 0.384 e. The fourth-order valence-corrected chi connectivity index (χ4v) is 3.84. The van der Waals surface area contributed by atoms with Gasteiger partial charge in [-0.05, 0) is 42.6 Å². The summed E-state index contributed by atoms with van der Waals surface area (Å²) in [7, 11) is 0. The van der Waals surface area contributed by atoms with Crippen LogP contribution in [0.4, 0.5) is 5.69 Å². The van der Waals surface area contributed by atoms with Gasteiger partial charge in [0.05, 0.1) is 5.56 Å². The highest BCUT2D eigenvalue weighted by Gasteiger charge is 2.29. The van der Waals surface area contributed by atoms with Crippen LogP contribution in [0.2, 0.25) is 0 Å². The molecular formula is C17H27N3S. The minimum absolute atomic E-state index is 0.174. The molecule has 0 spiro atoms. The van der Waals surface area contributed by atoms with E-state index in [0.717, 1.165) is 35.2 Å². The van der Waals surface area contributed by atoms with Gasteiger partial charge in [0.25, 0.3) is 0 Å². The lowest BCUT2D eigenvalue weighted by atomic mass is 9.75. The van der Waals surface area contributed by atoms with Crippen molar-refractivity contribution in [1.29, 1.82) is 5.41 Å². The third-order valence-electron chi connectivity index (χ3n) is 4.55. The highest BCUT2D eigenvalue weighted by Crippen LogP contribution is 2.37. The molecule has 0 saturated carbocycles. The van der Waals surface area contributed by atoms with Gasteiger partial charge in [-0.2, -0.15) is 0 Å². The molecule has 0 amide bonds. The number of hydrogen-bond donors (Lipinski definition) is 2. The van der Waals surface area contributed by atoms with Crippen LogP contribution in [0.3, 0.4) is 0 Å². The molecule has 1 aromatic carbocycles. The van der Waals surface area contributed by atoms with Gasteiger partial charge in [0.15, 0.2) is 0 Å². The van der Waals surface area contributed by atoms with E-state index in [0.29, 0.717) is 5.41 Å². The fraction of sp³-hybridized carbons (Fsp3) is 0.588. The van der Waals surface area contributed by atoms with E-state index in [1.165, 1.54) is 12.8 Å². The minimum Gasteiger partial charge on any atom is -0.384 e. The van der Waals surface area contributed by atoms with Crippen molar-refractivity contribution in [2.24, 2.45) is 17.1 Å². The van der Waals surface area contributed by atoms with Crippen LogP contribution in [0.25, 0.3) is 0 Å². The predicted octanol–water partition coefficient (Wildman–Crippen LogP) is 3.96. The number of nitrogens with two attached hydrogens (primary N) is 1. The highest BCUT2D eigenvalue weighted by molar-refractivity contribution is 7.98. The molecule has 1 aromatic rings. The van der Waals surface area contributed by atoms with Gasteiger partial charge in [0, 0.05) is 23.7 Å². The first kappa shape index (κ1) is 16.2. The average molecular weight is 305 g/mol. The lowest BCUT2D eigenvalue weighted by Crippen LogP contribution is -2.39. The zero-order chi connectivity index (χ0) is 15.6. The molecule has 0 aromatic heterocycles. The smallest absolute Gasteiger partial charge is 0.126 e. The molecule has 1 fully saturated rings. The Labute approximate surface area is 132 Å². The summed E-state index contributed by atoms with van der Waals surface area (Å²) in [6, 6.07) is 6.23. The standard InChI is InChI=1S/C17H27N3S/c1-17(2,3)12-8-10-20(11-9-12)13-6-5-7-14(21-4)15(13)16(18)19/h5-7,12H,8-11H2,1-4H3,(H3,18,19). The van der Waals surface area contributed by atoms with Crippen molar-refractivity contribution in [3.8, 4) is 0 Å². The first-order valence-electron chi connectivity index (χ1n) is 7.61. The van der Waals surface area contributed by atoms with Crippen LogP contribution in [-0.4, -0.2) is 25.2 Å². The van der Waals surface area contributed by atoms with E-state index in [4.69, 9.17) is 11.1 Å². The highest BCUT2D eigenvalue weighted by atomic mass is 32.2. The second-order valence-electron chi connectivity index (χ2n) is 6.90. The molecule has 3 N–H and O–H groups in total. The van der Waals surface area contributed by atoms with E-state index in [-0.39, 0.29) is 5.84 Å². The van der Waals surface area contributed by atoms with E-state index in [1.54, 1.807) is 11.8 Å². The van der Waals surface area contributed by atoms with Gasteiger partial charge in [-0.3, -0.25) is 5.41 Å². The summed E-state index contributed by atoms with van der Waals surface area (Å²) < 4.78 is 0. The maximum absolute atomic E-state index is 7.92. The maximum atomic E-state index is 7.92. The lowest BCUT2D eigenvalue weighted by Gasteiger charge is -2.40. The Balaban J connectivity index is 2.23. The van der Waals surface area contributed by atoms with Crippen LogP contribution in [0.5, 0.6) is 0 Å². The summed E-state index contributed by atoms with van der Waals surface area (Å²) in [5.41, 5.74) is 8.25. The van der Waals surface area contributed by atoms with E-state index in [1.807, 2.05) is 12.3 Å². The molecule has 3 nitrogen and oxygen atoms in total. The van der Waals surface area contributed by atoms with Gasteiger partial charge in [-0.1, -0.05) is 26.8 Å². The van der Waals surface area contributed by atoms with Crippen LogP contribution < -0.4 is 10.6 Å². The van der Waals surface area contributed by atoms with E-state index in [2.05, 4.69) is 37.8 Å². The Bertz CT molecular complexity index is 511. The van der Waals surface area contributed by atoms with Gasteiger partial charge in [0.2, 0.25) is 0 Å². The summed E-state index contributed by atoms with van der Waals surface area (Å²) in [5, 5.41) is 7.92. The maximum Gasteiger partial charge on any atom is 0.126 e. The number of nitrogen functional groups attached to an aromatic ring is 1. The monoisotopic (exact) mass is 305 g/mol. The summed E-state index contributed by atoms with van der Waals surface area (Å²) in [6.45, 7) is 9.12. The molecule has 0 unspecified atom stereocenters. The summed E-state index contributed by atoms with van der Waals surface area (Å²) in [4.78, 5) is 3.50. The number of nitrogens with zero attached hydrogens (tertiary/aromatic N) is 1.